The predicted molar refractivity (Wildman–Crippen MR) is 85.1 cm³/mol. The summed E-state index contributed by atoms with van der Waals surface area (Å²) in [6.45, 7) is 6.72. The molecule has 4 heteroatoms. The first-order valence-electron chi connectivity index (χ1n) is 6.63. The van der Waals surface area contributed by atoms with Gasteiger partial charge in [0.2, 0.25) is 0 Å². The van der Waals surface area contributed by atoms with Crippen LogP contribution in [0.15, 0.2) is 35.1 Å². The molecule has 1 aromatic carbocycles. The van der Waals surface area contributed by atoms with E-state index in [-0.39, 0.29) is 6.04 Å². The lowest BCUT2D eigenvalue weighted by molar-refractivity contribution is 0.338. The Hall–Kier alpha value is -1.39. The van der Waals surface area contributed by atoms with Gasteiger partial charge in [0, 0.05) is 10.7 Å². The summed E-state index contributed by atoms with van der Waals surface area (Å²) in [4.78, 5) is 4.20. The van der Waals surface area contributed by atoms with E-state index in [9.17, 15) is 0 Å². The molecule has 0 spiro atoms. The highest BCUT2D eigenvalue weighted by Gasteiger charge is 2.13. The number of nitrogens with zero attached hydrogens (tertiary/aromatic N) is 1. The molecule has 1 heterocycles. The Morgan fingerprint density at radius 3 is 2.40 bits per heavy atom. The van der Waals surface area contributed by atoms with Crippen molar-refractivity contribution in [1.29, 1.82) is 0 Å². The molecule has 2 N–H and O–H groups in total. The summed E-state index contributed by atoms with van der Waals surface area (Å²) in [5.74, 6) is 0.756. The van der Waals surface area contributed by atoms with Crippen LogP contribution in [0.4, 0.5) is 0 Å². The van der Waals surface area contributed by atoms with Gasteiger partial charge in [0.1, 0.15) is 5.75 Å². The Morgan fingerprint density at radius 1 is 1.15 bits per heavy atom. The molecule has 1 unspecified atom stereocenters. The van der Waals surface area contributed by atoms with Crippen molar-refractivity contribution >= 4 is 15.9 Å². The molecule has 3 nitrogen and oxygen atoms in total. The van der Waals surface area contributed by atoms with E-state index >= 15 is 0 Å². The highest BCUT2D eigenvalue weighted by atomic mass is 79.9. The lowest BCUT2D eigenvalue weighted by Gasteiger charge is -2.16. The van der Waals surface area contributed by atoms with Gasteiger partial charge in [-0.1, -0.05) is 28.1 Å². The molecule has 0 radical (unpaired) electrons. The zero-order valence-electron chi connectivity index (χ0n) is 12.0. The van der Waals surface area contributed by atoms with Gasteiger partial charge in [-0.25, -0.2) is 0 Å². The predicted octanol–water partition coefficient (Wildman–Crippen LogP) is 3.91. The highest BCUT2D eigenvalue weighted by molar-refractivity contribution is 9.10. The monoisotopic (exact) mass is 334 g/mol. The summed E-state index contributed by atoms with van der Waals surface area (Å²) in [7, 11) is 0. The molecule has 0 fully saturated rings. The van der Waals surface area contributed by atoms with Crippen LogP contribution in [0.1, 0.15) is 35.2 Å². The summed E-state index contributed by atoms with van der Waals surface area (Å²) in [5.41, 5.74) is 10.8. The van der Waals surface area contributed by atoms with Crippen LogP contribution in [0.3, 0.4) is 0 Å². The first-order valence-corrected chi connectivity index (χ1v) is 7.42. The van der Waals surface area contributed by atoms with Crippen LogP contribution in [-0.4, -0.2) is 11.6 Å². The Kier molecular flexibility index (Phi) is 4.78. The number of hydrogen-bond donors (Lipinski definition) is 1. The zero-order chi connectivity index (χ0) is 14.7. The maximum Gasteiger partial charge on any atom is 0.137 e. The number of aryl methyl sites for hydroxylation is 2. The van der Waals surface area contributed by atoms with Gasteiger partial charge in [-0.05, 0) is 49.1 Å². The zero-order valence-corrected chi connectivity index (χ0v) is 13.6. The highest BCUT2D eigenvalue weighted by Crippen LogP contribution is 2.28. The minimum Gasteiger partial charge on any atom is -0.492 e. The summed E-state index contributed by atoms with van der Waals surface area (Å²) >= 11 is 3.58. The van der Waals surface area contributed by atoms with Gasteiger partial charge in [0.05, 0.1) is 18.8 Å². The molecule has 1 aromatic heterocycles. The van der Waals surface area contributed by atoms with Gasteiger partial charge >= 0.3 is 0 Å². The molecule has 0 saturated carbocycles. The molecule has 1 atom stereocenters. The molecule has 2 rings (SSSR count). The van der Waals surface area contributed by atoms with E-state index in [1.807, 2.05) is 13.0 Å². The largest absolute Gasteiger partial charge is 0.492 e. The van der Waals surface area contributed by atoms with Crippen LogP contribution >= 0.6 is 15.9 Å². The molecule has 0 aliphatic rings. The van der Waals surface area contributed by atoms with Gasteiger partial charge < -0.3 is 10.5 Å². The van der Waals surface area contributed by atoms with Gasteiger partial charge in [0.15, 0.2) is 0 Å². The van der Waals surface area contributed by atoms with Crippen molar-refractivity contribution in [2.24, 2.45) is 5.73 Å². The van der Waals surface area contributed by atoms with Crippen LogP contribution in [-0.2, 0) is 0 Å². The number of hydrogen-bond acceptors (Lipinski definition) is 3. The van der Waals surface area contributed by atoms with Gasteiger partial charge in [0.25, 0.3) is 0 Å². The van der Waals surface area contributed by atoms with Crippen molar-refractivity contribution in [3.63, 3.8) is 0 Å². The molecular formula is C16H19BrN2O. The molecule has 0 bridgehead atoms. The third-order valence-corrected chi connectivity index (χ3v) is 4.47. The fourth-order valence-electron chi connectivity index (χ4n) is 2.20. The number of pyridine rings is 1. The Morgan fingerprint density at radius 2 is 1.80 bits per heavy atom. The van der Waals surface area contributed by atoms with E-state index in [1.54, 1.807) is 12.4 Å². The third kappa shape index (κ3) is 3.19. The van der Waals surface area contributed by atoms with Crippen molar-refractivity contribution in [1.82, 2.24) is 4.98 Å². The van der Waals surface area contributed by atoms with E-state index in [0.717, 1.165) is 21.3 Å². The lowest BCUT2D eigenvalue weighted by atomic mass is 9.97. The smallest absolute Gasteiger partial charge is 0.137 e. The van der Waals surface area contributed by atoms with E-state index in [1.165, 1.54) is 11.1 Å². The second-order valence-corrected chi connectivity index (χ2v) is 5.63. The minimum atomic E-state index is -0.201. The van der Waals surface area contributed by atoms with E-state index in [4.69, 9.17) is 10.5 Å². The molecule has 0 amide bonds. The Balaban J connectivity index is 2.35. The molecule has 106 valence electrons. The summed E-state index contributed by atoms with van der Waals surface area (Å²) in [5, 5.41) is 0. The van der Waals surface area contributed by atoms with E-state index < -0.39 is 0 Å². The number of ether oxygens (including phenoxy) is 1. The van der Waals surface area contributed by atoms with Crippen molar-refractivity contribution < 1.29 is 4.74 Å². The first-order chi connectivity index (χ1) is 9.52. The second kappa shape index (κ2) is 6.37. The SMILES string of the molecule is CCOc1cncc(C(N)c2cc(C)c(Br)c(C)c2)c1. The standard InChI is InChI=1S/C16H19BrN2O/c1-4-20-14-7-13(8-19-9-14)16(18)12-5-10(2)15(17)11(3)6-12/h5-9,16H,4,18H2,1-3H3. The summed E-state index contributed by atoms with van der Waals surface area (Å²) in [6, 6.07) is 5.96. The Labute approximate surface area is 128 Å². The van der Waals surface area contributed by atoms with Crippen LogP contribution in [0.25, 0.3) is 0 Å². The average Bonchev–Trinajstić information content (AvgIpc) is 2.44. The molecular weight excluding hydrogens is 316 g/mol. The maximum atomic E-state index is 6.36. The van der Waals surface area contributed by atoms with Crippen molar-refractivity contribution in [3.05, 3.63) is 57.3 Å². The minimum absolute atomic E-state index is 0.201. The van der Waals surface area contributed by atoms with Crippen molar-refractivity contribution in [2.45, 2.75) is 26.8 Å². The number of nitrogens with two attached hydrogens (primary N) is 1. The molecule has 0 aliphatic heterocycles. The third-order valence-electron chi connectivity index (χ3n) is 3.22. The first kappa shape index (κ1) is 15.0. The van der Waals surface area contributed by atoms with E-state index in [2.05, 4.69) is 46.9 Å². The molecule has 0 saturated heterocycles. The van der Waals surface area contributed by atoms with Crippen LogP contribution in [0.5, 0.6) is 5.75 Å². The molecule has 0 aliphatic carbocycles. The molecule has 20 heavy (non-hydrogen) atoms. The molecule has 2 aromatic rings. The lowest BCUT2D eigenvalue weighted by Crippen LogP contribution is -2.13. The Bertz CT molecular complexity index is 590. The fourth-order valence-corrected chi connectivity index (χ4v) is 2.43. The van der Waals surface area contributed by atoms with Crippen LogP contribution < -0.4 is 10.5 Å². The van der Waals surface area contributed by atoms with Gasteiger partial charge in [-0.3, -0.25) is 4.98 Å². The number of halogens is 1. The maximum absolute atomic E-state index is 6.36. The average molecular weight is 335 g/mol. The number of benzene rings is 1. The number of rotatable bonds is 4. The fraction of sp³-hybridized carbons (Fsp3) is 0.312. The normalized spacial score (nSPS) is 12.2. The van der Waals surface area contributed by atoms with Gasteiger partial charge in [-0.2, -0.15) is 0 Å². The van der Waals surface area contributed by atoms with E-state index in [0.29, 0.717) is 6.61 Å². The quantitative estimate of drug-likeness (QED) is 0.922. The summed E-state index contributed by atoms with van der Waals surface area (Å²) < 4.78 is 6.61. The topological polar surface area (TPSA) is 48.1 Å². The van der Waals surface area contributed by atoms with Gasteiger partial charge in [-0.15, -0.1) is 0 Å². The second-order valence-electron chi connectivity index (χ2n) is 4.83. The van der Waals surface area contributed by atoms with Crippen LogP contribution in [0.2, 0.25) is 0 Å². The van der Waals surface area contributed by atoms with Crippen molar-refractivity contribution in [3.8, 4) is 5.75 Å². The van der Waals surface area contributed by atoms with Crippen LogP contribution in [0, 0.1) is 13.8 Å². The van der Waals surface area contributed by atoms with Crippen molar-refractivity contribution in [2.75, 3.05) is 6.61 Å². The number of aromatic nitrogens is 1. The summed E-state index contributed by atoms with van der Waals surface area (Å²) in [6.07, 6.45) is 3.50.